The van der Waals surface area contributed by atoms with Crippen LogP contribution in [0, 0.1) is 5.92 Å². The standard InChI is InChI=1S/C16H23ClN2O/c1-13(2)12-18-7-9-19(10-8-18)16(20)11-14-3-5-15(17)6-4-14/h3-6,13H,7-12H2,1-2H3. The Bertz CT molecular complexity index is 436. The van der Waals surface area contributed by atoms with Crippen LogP contribution in [0.5, 0.6) is 0 Å². The number of amides is 1. The maximum atomic E-state index is 12.3. The van der Waals surface area contributed by atoms with E-state index in [-0.39, 0.29) is 5.91 Å². The lowest BCUT2D eigenvalue weighted by molar-refractivity contribution is -0.132. The molecular formula is C16H23ClN2O. The monoisotopic (exact) mass is 294 g/mol. The second kappa shape index (κ2) is 7.09. The Morgan fingerprint density at radius 2 is 1.75 bits per heavy atom. The third-order valence-electron chi connectivity index (χ3n) is 3.62. The Kier molecular flexibility index (Phi) is 5.44. The third kappa shape index (κ3) is 4.50. The van der Waals surface area contributed by atoms with E-state index in [1.165, 1.54) is 0 Å². The SMILES string of the molecule is CC(C)CN1CCN(C(=O)Cc2ccc(Cl)cc2)CC1. The van der Waals surface area contributed by atoms with E-state index < -0.39 is 0 Å². The van der Waals surface area contributed by atoms with Crippen molar-refractivity contribution in [2.75, 3.05) is 32.7 Å². The highest BCUT2D eigenvalue weighted by Gasteiger charge is 2.21. The van der Waals surface area contributed by atoms with Crippen molar-refractivity contribution in [3.05, 3.63) is 34.9 Å². The van der Waals surface area contributed by atoms with Crippen LogP contribution in [0.2, 0.25) is 5.02 Å². The molecule has 1 amide bonds. The van der Waals surface area contributed by atoms with Gasteiger partial charge in [-0.15, -0.1) is 0 Å². The summed E-state index contributed by atoms with van der Waals surface area (Å²) in [6.45, 7) is 9.27. The molecule has 20 heavy (non-hydrogen) atoms. The van der Waals surface area contributed by atoms with E-state index in [9.17, 15) is 4.79 Å². The van der Waals surface area contributed by atoms with E-state index in [0.717, 1.165) is 38.3 Å². The normalized spacial score (nSPS) is 16.7. The number of benzene rings is 1. The van der Waals surface area contributed by atoms with Gasteiger partial charge in [-0.25, -0.2) is 0 Å². The van der Waals surface area contributed by atoms with Crippen LogP contribution in [0.25, 0.3) is 0 Å². The zero-order chi connectivity index (χ0) is 14.5. The summed E-state index contributed by atoms with van der Waals surface area (Å²) in [5, 5.41) is 0.712. The average Bonchev–Trinajstić information content (AvgIpc) is 2.41. The molecule has 110 valence electrons. The van der Waals surface area contributed by atoms with Gasteiger partial charge in [-0.1, -0.05) is 37.6 Å². The number of rotatable bonds is 4. The second-order valence-electron chi connectivity index (χ2n) is 5.88. The molecule has 3 nitrogen and oxygen atoms in total. The van der Waals surface area contributed by atoms with Crippen molar-refractivity contribution >= 4 is 17.5 Å². The first-order valence-electron chi connectivity index (χ1n) is 7.29. The van der Waals surface area contributed by atoms with E-state index in [1.54, 1.807) is 0 Å². The molecule has 1 aliphatic heterocycles. The Balaban J connectivity index is 1.81. The summed E-state index contributed by atoms with van der Waals surface area (Å²) < 4.78 is 0. The van der Waals surface area contributed by atoms with Crippen molar-refractivity contribution in [2.24, 2.45) is 5.92 Å². The zero-order valence-electron chi connectivity index (χ0n) is 12.3. The molecule has 2 rings (SSSR count). The van der Waals surface area contributed by atoms with Crippen LogP contribution in [-0.2, 0) is 11.2 Å². The number of nitrogens with zero attached hydrogens (tertiary/aromatic N) is 2. The molecule has 0 bridgehead atoms. The summed E-state index contributed by atoms with van der Waals surface area (Å²) in [6, 6.07) is 7.53. The fraction of sp³-hybridized carbons (Fsp3) is 0.562. The minimum atomic E-state index is 0.219. The summed E-state index contributed by atoms with van der Waals surface area (Å²) in [7, 11) is 0. The first-order chi connectivity index (χ1) is 9.54. The molecule has 0 radical (unpaired) electrons. The molecule has 0 aromatic heterocycles. The van der Waals surface area contributed by atoms with E-state index in [2.05, 4.69) is 18.7 Å². The minimum absolute atomic E-state index is 0.219. The van der Waals surface area contributed by atoms with Gasteiger partial charge in [-0.2, -0.15) is 0 Å². The van der Waals surface area contributed by atoms with Crippen molar-refractivity contribution in [3.63, 3.8) is 0 Å². The molecular weight excluding hydrogens is 272 g/mol. The van der Waals surface area contributed by atoms with E-state index in [1.807, 2.05) is 29.2 Å². The molecule has 0 atom stereocenters. The second-order valence-corrected chi connectivity index (χ2v) is 6.31. The van der Waals surface area contributed by atoms with E-state index >= 15 is 0 Å². The van der Waals surface area contributed by atoms with Crippen LogP contribution in [0.4, 0.5) is 0 Å². The van der Waals surface area contributed by atoms with Gasteiger partial charge in [0.25, 0.3) is 0 Å². The highest BCUT2D eigenvalue weighted by atomic mass is 35.5. The Morgan fingerprint density at radius 3 is 2.30 bits per heavy atom. The lowest BCUT2D eigenvalue weighted by atomic mass is 10.1. The van der Waals surface area contributed by atoms with Crippen LogP contribution in [0.1, 0.15) is 19.4 Å². The molecule has 1 aliphatic rings. The van der Waals surface area contributed by atoms with Crippen LogP contribution in [-0.4, -0.2) is 48.4 Å². The highest BCUT2D eigenvalue weighted by Crippen LogP contribution is 2.12. The highest BCUT2D eigenvalue weighted by molar-refractivity contribution is 6.30. The van der Waals surface area contributed by atoms with Gasteiger partial charge in [0.1, 0.15) is 0 Å². The van der Waals surface area contributed by atoms with Gasteiger partial charge >= 0.3 is 0 Å². The first-order valence-corrected chi connectivity index (χ1v) is 7.67. The molecule has 0 spiro atoms. The maximum absolute atomic E-state index is 12.3. The molecule has 0 unspecified atom stereocenters. The van der Waals surface area contributed by atoms with Gasteiger partial charge in [-0.3, -0.25) is 9.69 Å². The predicted octanol–water partition coefficient (Wildman–Crippen LogP) is 2.68. The summed E-state index contributed by atoms with van der Waals surface area (Å²) in [5.41, 5.74) is 1.03. The van der Waals surface area contributed by atoms with E-state index in [0.29, 0.717) is 17.4 Å². The lowest BCUT2D eigenvalue weighted by Crippen LogP contribution is -2.49. The van der Waals surface area contributed by atoms with Crippen molar-refractivity contribution < 1.29 is 4.79 Å². The molecule has 4 heteroatoms. The van der Waals surface area contributed by atoms with E-state index in [4.69, 9.17) is 11.6 Å². The summed E-state index contributed by atoms with van der Waals surface area (Å²) >= 11 is 5.85. The summed E-state index contributed by atoms with van der Waals surface area (Å²) in [4.78, 5) is 16.7. The Labute approximate surface area is 126 Å². The smallest absolute Gasteiger partial charge is 0.227 e. The quantitative estimate of drug-likeness (QED) is 0.852. The van der Waals surface area contributed by atoms with Crippen molar-refractivity contribution in [3.8, 4) is 0 Å². The Hall–Kier alpha value is -1.06. The van der Waals surface area contributed by atoms with Gasteiger partial charge < -0.3 is 4.90 Å². The number of hydrogen-bond donors (Lipinski definition) is 0. The molecule has 1 saturated heterocycles. The molecule has 1 heterocycles. The summed E-state index contributed by atoms with van der Waals surface area (Å²) in [6.07, 6.45) is 0.474. The van der Waals surface area contributed by atoms with Gasteiger partial charge in [0.05, 0.1) is 6.42 Å². The van der Waals surface area contributed by atoms with Crippen molar-refractivity contribution in [2.45, 2.75) is 20.3 Å². The van der Waals surface area contributed by atoms with Crippen LogP contribution in [0.3, 0.4) is 0 Å². The van der Waals surface area contributed by atoms with Crippen LogP contribution in [0.15, 0.2) is 24.3 Å². The number of piperazine rings is 1. The van der Waals surface area contributed by atoms with Gasteiger partial charge in [-0.05, 0) is 23.6 Å². The minimum Gasteiger partial charge on any atom is -0.340 e. The molecule has 0 N–H and O–H groups in total. The molecule has 1 aromatic carbocycles. The number of halogens is 1. The van der Waals surface area contributed by atoms with Crippen molar-refractivity contribution in [1.29, 1.82) is 0 Å². The lowest BCUT2D eigenvalue weighted by Gasteiger charge is -2.35. The number of carbonyl (C=O) groups excluding carboxylic acids is 1. The fourth-order valence-electron chi connectivity index (χ4n) is 2.58. The predicted molar refractivity (Wildman–Crippen MR) is 83.0 cm³/mol. The first kappa shape index (κ1) is 15.3. The van der Waals surface area contributed by atoms with Crippen molar-refractivity contribution in [1.82, 2.24) is 9.80 Å². The topological polar surface area (TPSA) is 23.6 Å². The molecule has 0 aliphatic carbocycles. The number of carbonyl (C=O) groups is 1. The largest absolute Gasteiger partial charge is 0.340 e. The molecule has 1 fully saturated rings. The molecule has 1 aromatic rings. The number of hydrogen-bond acceptors (Lipinski definition) is 2. The Morgan fingerprint density at radius 1 is 1.15 bits per heavy atom. The fourth-order valence-corrected chi connectivity index (χ4v) is 2.71. The molecule has 0 saturated carbocycles. The third-order valence-corrected chi connectivity index (χ3v) is 3.87. The van der Waals surface area contributed by atoms with Gasteiger partial charge in [0, 0.05) is 37.7 Å². The van der Waals surface area contributed by atoms with Gasteiger partial charge in [0.2, 0.25) is 5.91 Å². The van der Waals surface area contributed by atoms with Crippen LogP contribution < -0.4 is 0 Å². The van der Waals surface area contributed by atoms with Gasteiger partial charge in [0.15, 0.2) is 0 Å². The average molecular weight is 295 g/mol. The maximum Gasteiger partial charge on any atom is 0.227 e. The zero-order valence-corrected chi connectivity index (χ0v) is 13.1. The van der Waals surface area contributed by atoms with Crippen LogP contribution >= 0.6 is 11.6 Å². The summed E-state index contributed by atoms with van der Waals surface area (Å²) in [5.74, 6) is 0.905.